The summed E-state index contributed by atoms with van der Waals surface area (Å²) in [6.07, 6.45) is -0.0394. The van der Waals surface area contributed by atoms with Gasteiger partial charge in [0.15, 0.2) is 23.0 Å². The molecule has 1 N–H and O–H groups in total. The Balaban J connectivity index is 1.82. The number of hydrogen-bond donors (Lipinski definition) is 1. The predicted molar refractivity (Wildman–Crippen MR) is 138 cm³/mol. The van der Waals surface area contributed by atoms with E-state index in [0.717, 1.165) is 18.4 Å². The molecule has 2 aromatic carbocycles. The Kier molecular flexibility index (Phi) is 9.59. The van der Waals surface area contributed by atoms with Gasteiger partial charge in [0, 0.05) is 4.92 Å². The van der Waals surface area contributed by atoms with E-state index in [1.54, 1.807) is 37.4 Å². The van der Waals surface area contributed by atoms with Crippen LogP contribution in [0.15, 0.2) is 42.5 Å². The lowest BCUT2D eigenvalue weighted by atomic mass is 9.66. The standard InChI is InChI=1S/C28H36N2O7/c1-5-19(6-2)28(18-29,20-11-12-24(34-3)27(15-20)35-4)14-13-23(31)22(30(32)33)16-21-17-36-25-9-7-8-10-26(25)37-21/h7-12,15,19,21-23,31H,5-6,13-14,16-17H2,1-4H3. The van der Waals surface area contributed by atoms with Gasteiger partial charge in [-0.15, -0.1) is 0 Å². The van der Waals surface area contributed by atoms with Gasteiger partial charge in [0.05, 0.1) is 32.1 Å². The zero-order chi connectivity index (χ0) is 27.0. The molecule has 1 aliphatic rings. The number of aliphatic hydroxyl groups is 1. The number of nitriles is 1. The van der Waals surface area contributed by atoms with Crippen LogP contribution in [0.2, 0.25) is 0 Å². The molecule has 0 aromatic heterocycles. The van der Waals surface area contributed by atoms with Gasteiger partial charge in [-0.05, 0) is 48.6 Å². The largest absolute Gasteiger partial charge is 0.493 e. The van der Waals surface area contributed by atoms with Crippen LogP contribution in [0.5, 0.6) is 23.0 Å². The molecule has 9 heteroatoms. The highest BCUT2D eigenvalue weighted by molar-refractivity contribution is 5.47. The molecule has 9 nitrogen and oxygen atoms in total. The van der Waals surface area contributed by atoms with Crippen molar-refractivity contribution in [2.45, 2.75) is 69.6 Å². The Hall–Kier alpha value is -3.51. The Bertz CT molecular complexity index is 1100. The van der Waals surface area contributed by atoms with Crippen LogP contribution in [-0.4, -0.2) is 49.1 Å². The van der Waals surface area contributed by atoms with Crippen molar-refractivity contribution in [1.82, 2.24) is 0 Å². The third kappa shape index (κ3) is 6.08. The molecule has 1 aliphatic heterocycles. The fraction of sp³-hybridized carbons (Fsp3) is 0.536. The van der Waals surface area contributed by atoms with Gasteiger partial charge in [-0.25, -0.2) is 0 Å². The first-order valence-corrected chi connectivity index (χ1v) is 12.7. The van der Waals surface area contributed by atoms with Crippen LogP contribution in [0.25, 0.3) is 0 Å². The second kappa shape index (κ2) is 12.6. The highest BCUT2D eigenvalue weighted by atomic mass is 16.6. The maximum Gasteiger partial charge on any atom is 0.242 e. The summed E-state index contributed by atoms with van der Waals surface area (Å²) >= 11 is 0. The average molecular weight is 513 g/mol. The summed E-state index contributed by atoms with van der Waals surface area (Å²) in [5, 5.41) is 33.5. The van der Waals surface area contributed by atoms with Crippen molar-refractivity contribution in [1.29, 1.82) is 5.26 Å². The number of nitrogens with zero attached hydrogens (tertiary/aromatic N) is 2. The van der Waals surface area contributed by atoms with Crippen molar-refractivity contribution >= 4 is 0 Å². The summed E-state index contributed by atoms with van der Waals surface area (Å²) < 4.78 is 22.4. The fourth-order valence-corrected chi connectivity index (χ4v) is 5.30. The Morgan fingerprint density at radius 3 is 2.43 bits per heavy atom. The molecule has 1 heterocycles. The van der Waals surface area contributed by atoms with E-state index < -0.39 is 28.6 Å². The lowest BCUT2D eigenvalue weighted by Gasteiger charge is -2.36. The van der Waals surface area contributed by atoms with Gasteiger partial charge in [0.25, 0.3) is 0 Å². The topological polar surface area (TPSA) is 124 Å². The van der Waals surface area contributed by atoms with Crippen molar-refractivity contribution in [2.24, 2.45) is 5.92 Å². The van der Waals surface area contributed by atoms with Crippen LogP contribution in [0.3, 0.4) is 0 Å². The van der Waals surface area contributed by atoms with Crippen LogP contribution in [-0.2, 0) is 5.41 Å². The van der Waals surface area contributed by atoms with E-state index in [9.17, 15) is 20.5 Å². The van der Waals surface area contributed by atoms with Gasteiger partial charge >= 0.3 is 0 Å². The normalized spacial score (nSPS) is 17.8. The number of fused-ring (bicyclic) bond motifs is 1. The van der Waals surface area contributed by atoms with E-state index in [1.165, 1.54) is 7.11 Å². The number of hydrogen-bond acceptors (Lipinski definition) is 8. The molecular weight excluding hydrogens is 476 g/mol. The van der Waals surface area contributed by atoms with Crippen molar-refractivity contribution in [3.63, 3.8) is 0 Å². The number of rotatable bonds is 13. The summed E-state index contributed by atoms with van der Waals surface area (Å²) in [7, 11) is 3.08. The molecule has 0 saturated carbocycles. The first-order chi connectivity index (χ1) is 17.8. The minimum absolute atomic E-state index is 0.0105. The van der Waals surface area contributed by atoms with E-state index in [0.29, 0.717) is 23.0 Å². The van der Waals surface area contributed by atoms with Gasteiger partial charge < -0.3 is 24.1 Å². The quantitative estimate of drug-likeness (QED) is 0.296. The van der Waals surface area contributed by atoms with Crippen molar-refractivity contribution in [3.8, 4) is 29.1 Å². The molecule has 3 rings (SSSR count). The predicted octanol–water partition coefficient (Wildman–Crippen LogP) is 4.92. The molecular formula is C28H36N2O7. The van der Waals surface area contributed by atoms with Crippen LogP contribution in [0.1, 0.15) is 51.5 Å². The molecule has 0 radical (unpaired) electrons. The summed E-state index contributed by atoms with van der Waals surface area (Å²) in [6, 6.07) is 13.8. The molecule has 0 spiro atoms. The SMILES string of the molecule is CCC(CC)C(C#N)(CCC(O)C(CC1COc2ccccc2O1)[N+](=O)[O-])c1ccc(OC)c(OC)c1. The number of nitro groups is 1. The lowest BCUT2D eigenvalue weighted by Crippen LogP contribution is -2.42. The summed E-state index contributed by atoms with van der Waals surface area (Å²) in [5.41, 5.74) is -0.221. The van der Waals surface area contributed by atoms with Crippen molar-refractivity contribution in [2.75, 3.05) is 20.8 Å². The van der Waals surface area contributed by atoms with E-state index in [4.69, 9.17) is 18.9 Å². The molecule has 0 fully saturated rings. The second-order valence-electron chi connectivity index (χ2n) is 9.36. The molecule has 37 heavy (non-hydrogen) atoms. The number of para-hydroxylation sites is 2. The maximum absolute atomic E-state index is 12.0. The van der Waals surface area contributed by atoms with Crippen LogP contribution in [0, 0.1) is 27.4 Å². The molecule has 4 atom stereocenters. The zero-order valence-electron chi connectivity index (χ0n) is 21.9. The van der Waals surface area contributed by atoms with Gasteiger partial charge in [-0.1, -0.05) is 44.9 Å². The zero-order valence-corrected chi connectivity index (χ0v) is 21.9. The van der Waals surface area contributed by atoms with Gasteiger partial charge in [0.1, 0.15) is 18.8 Å². The first kappa shape index (κ1) is 28.1. The molecule has 0 amide bonds. The van der Waals surface area contributed by atoms with Gasteiger partial charge in [0.2, 0.25) is 6.04 Å². The first-order valence-electron chi connectivity index (χ1n) is 12.7. The fourth-order valence-electron chi connectivity index (χ4n) is 5.30. The second-order valence-corrected chi connectivity index (χ2v) is 9.36. The van der Waals surface area contributed by atoms with Crippen molar-refractivity contribution < 1.29 is 29.0 Å². The van der Waals surface area contributed by atoms with Crippen LogP contribution < -0.4 is 18.9 Å². The number of ether oxygens (including phenoxy) is 4. The smallest absolute Gasteiger partial charge is 0.242 e. The highest BCUT2D eigenvalue weighted by Gasteiger charge is 2.42. The third-order valence-electron chi connectivity index (χ3n) is 7.40. The Morgan fingerprint density at radius 2 is 1.84 bits per heavy atom. The average Bonchev–Trinajstić information content (AvgIpc) is 2.93. The highest BCUT2D eigenvalue weighted by Crippen LogP contribution is 2.43. The van der Waals surface area contributed by atoms with Crippen LogP contribution >= 0.6 is 0 Å². The Labute approximate surface area is 218 Å². The molecule has 0 saturated heterocycles. The maximum atomic E-state index is 12.0. The molecule has 200 valence electrons. The summed E-state index contributed by atoms with van der Waals surface area (Å²) in [4.78, 5) is 11.5. The number of aliphatic hydroxyl groups excluding tert-OH is 1. The molecule has 0 aliphatic carbocycles. The molecule has 0 bridgehead atoms. The van der Waals surface area contributed by atoms with E-state index >= 15 is 0 Å². The van der Waals surface area contributed by atoms with Crippen LogP contribution in [0.4, 0.5) is 0 Å². The van der Waals surface area contributed by atoms with E-state index in [1.807, 2.05) is 26.0 Å². The Morgan fingerprint density at radius 1 is 1.16 bits per heavy atom. The van der Waals surface area contributed by atoms with E-state index in [2.05, 4.69) is 6.07 Å². The molecule has 2 aromatic rings. The monoisotopic (exact) mass is 512 g/mol. The minimum atomic E-state index is -1.27. The van der Waals surface area contributed by atoms with Gasteiger partial charge in [-0.3, -0.25) is 10.1 Å². The number of methoxy groups -OCH3 is 2. The lowest BCUT2D eigenvalue weighted by molar-refractivity contribution is -0.537. The summed E-state index contributed by atoms with van der Waals surface area (Å²) in [6.45, 7) is 4.21. The number of benzene rings is 2. The minimum Gasteiger partial charge on any atom is -0.493 e. The van der Waals surface area contributed by atoms with E-state index in [-0.39, 0.29) is 31.8 Å². The third-order valence-corrected chi connectivity index (χ3v) is 7.40. The summed E-state index contributed by atoms with van der Waals surface area (Å²) in [5.74, 6) is 2.15. The van der Waals surface area contributed by atoms with Crippen molar-refractivity contribution in [3.05, 3.63) is 58.1 Å². The van der Waals surface area contributed by atoms with Gasteiger partial charge in [-0.2, -0.15) is 5.26 Å². The molecule has 4 unspecified atom stereocenters.